The lowest BCUT2D eigenvalue weighted by molar-refractivity contribution is -0.210. The maximum absolute atomic E-state index is 12.7. The van der Waals surface area contributed by atoms with Crippen molar-refractivity contribution in [3.63, 3.8) is 0 Å². The van der Waals surface area contributed by atoms with Gasteiger partial charge in [-0.15, -0.1) is 0 Å². The number of rotatable bonds is 17. The van der Waals surface area contributed by atoms with E-state index in [0.29, 0.717) is 39.0 Å². The summed E-state index contributed by atoms with van der Waals surface area (Å²) in [5, 5.41) is 39.5. The van der Waals surface area contributed by atoms with E-state index in [9.17, 15) is 25.4 Å². The molecule has 12 atom stereocenters. The number of hydrogen-bond acceptors (Lipinski definition) is 22. The summed E-state index contributed by atoms with van der Waals surface area (Å²) in [4.78, 5) is 35.5. The molecular weight excluding hydrogens is 1360 g/mol. The highest BCUT2D eigenvalue weighted by Crippen LogP contribution is 2.57. The maximum atomic E-state index is 12.7. The van der Waals surface area contributed by atoms with Crippen molar-refractivity contribution < 1.29 is 67.5 Å². The Balaban J connectivity index is 0.000000144. The van der Waals surface area contributed by atoms with E-state index < -0.39 is 101 Å². The Bertz CT molecular complexity index is 4780. The number of nitrogens with one attached hydrogen (secondary N) is 2. The molecule has 0 amide bonds. The zero-order valence-corrected chi connectivity index (χ0v) is 60.5. The van der Waals surface area contributed by atoms with E-state index in [1.54, 1.807) is 13.1 Å². The van der Waals surface area contributed by atoms with E-state index in [2.05, 4.69) is 103 Å². The number of hydrogen-bond donors (Lipinski definition) is 8. The van der Waals surface area contributed by atoms with Crippen LogP contribution in [0.25, 0.3) is 22.1 Å². The normalized spacial score (nSPS) is 26.2. The van der Waals surface area contributed by atoms with Crippen molar-refractivity contribution in [3.05, 3.63) is 269 Å². The fraction of sp³-hybridized carbons (Fsp3) is 0.341. The number of nitrogen functional groups attached to an aromatic ring is 3. The van der Waals surface area contributed by atoms with Gasteiger partial charge in [-0.05, 0) is 88.8 Å². The number of aliphatic hydroxyl groups excluding tert-OH is 2. The van der Waals surface area contributed by atoms with Gasteiger partial charge in [0.25, 0.3) is 0 Å². The predicted octanol–water partition coefficient (Wildman–Crippen LogP) is 11.3. The molecule has 5 fully saturated rings. The largest absolute Gasteiger partial charge is 0.449 e. The van der Waals surface area contributed by atoms with Crippen molar-refractivity contribution in [1.82, 2.24) is 34.5 Å². The molecule has 25 nitrogen and oxygen atoms in total. The van der Waals surface area contributed by atoms with Gasteiger partial charge in [0, 0.05) is 35.3 Å². The lowest BCUT2D eigenvalue weighted by atomic mass is 9.80. The molecule has 5 aliphatic heterocycles. The van der Waals surface area contributed by atoms with Gasteiger partial charge < -0.3 is 89.9 Å². The number of fused-ring (bicyclic) bond motifs is 4. The van der Waals surface area contributed by atoms with Gasteiger partial charge >= 0.3 is 6.09 Å². The molecule has 0 saturated carbocycles. The SMILES string of the molecule is CC1(C)O[C@@H]2C(COC(c3ccccc3)(c3ccccc3)c3ccccc3)O[C@@H](c3c[nH]c4c(N)ncnc34)[C@]2(C)O1.CCOC(=O)n1cc([C@@H]2OC(COC(c3ccccc3)(c3ccccc3)c3ccccc3)[C@H]3OC(C)(C)O[C@]32C)c(N)c1C#N.C[C@@]1(O)[C@H](O)C(CO)O[C@H]1c1c[nH]c2c(N)ncnc12. The summed E-state index contributed by atoms with van der Waals surface area (Å²) in [5.74, 6) is -1.08. The minimum absolute atomic E-state index is 0.0266. The Morgan fingerprint density at radius 1 is 0.551 bits per heavy atom. The van der Waals surface area contributed by atoms with E-state index in [-0.39, 0.29) is 43.6 Å². The topological polar surface area (TPSA) is 360 Å². The van der Waals surface area contributed by atoms with E-state index in [1.807, 2.05) is 163 Å². The highest BCUT2D eigenvalue weighted by atomic mass is 16.8. The van der Waals surface area contributed by atoms with Crippen molar-refractivity contribution in [3.8, 4) is 6.07 Å². The van der Waals surface area contributed by atoms with Gasteiger partial charge in [0.1, 0.15) is 113 Å². The number of nitrogens with two attached hydrogens (primary N) is 3. The van der Waals surface area contributed by atoms with Crippen LogP contribution in [0.3, 0.4) is 0 Å². The van der Waals surface area contributed by atoms with Crippen LogP contribution in [-0.4, -0.2) is 147 Å². The van der Waals surface area contributed by atoms with E-state index in [4.69, 9.17) is 64.6 Å². The van der Waals surface area contributed by atoms with Gasteiger partial charge in [0.2, 0.25) is 0 Å². The minimum atomic E-state index is -1.54. The first-order valence-electron chi connectivity index (χ1n) is 35.5. The number of aliphatic hydroxyl groups is 3. The van der Waals surface area contributed by atoms with Crippen LogP contribution in [0.4, 0.5) is 22.1 Å². The lowest BCUT2D eigenvalue weighted by Crippen LogP contribution is -2.42. The second-order valence-corrected chi connectivity index (χ2v) is 28.6. The molecule has 0 spiro atoms. The van der Waals surface area contributed by atoms with Crippen molar-refractivity contribution in [2.75, 3.05) is 43.6 Å². The van der Waals surface area contributed by atoms with Gasteiger partial charge in [-0.25, -0.2) is 29.3 Å². The van der Waals surface area contributed by atoms with Crippen LogP contribution in [0.2, 0.25) is 0 Å². The Kier molecular flexibility index (Phi) is 20.0. The molecule has 3 unspecified atom stereocenters. The van der Waals surface area contributed by atoms with Crippen LogP contribution >= 0.6 is 0 Å². The fourth-order valence-electron chi connectivity index (χ4n) is 16.1. The third-order valence-corrected chi connectivity index (χ3v) is 20.7. The zero-order chi connectivity index (χ0) is 75.3. The Morgan fingerprint density at radius 2 is 0.907 bits per heavy atom. The van der Waals surface area contributed by atoms with Crippen molar-refractivity contribution >= 4 is 45.5 Å². The number of nitrogens with zero attached hydrogens (tertiary/aromatic N) is 6. The number of H-pyrrole nitrogens is 2. The van der Waals surface area contributed by atoms with Crippen LogP contribution in [0.15, 0.2) is 213 Å². The van der Waals surface area contributed by atoms with Crippen LogP contribution in [0, 0.1) is 11.3 Å². The number of carbonyl (C=O) groups is 1. The van der Waals surface area contributed by atoms with Crippen LogP contribution in [-0.2, 0) is 58.6 Å². The number of carbonyl (C=O) groups excluding carboxylic acids is 1. The first-order valence-corrected chi connectivity index (χ1v) is 35.5. The van der Waals surface area contributed by atoms with E-state index in [1.165, 1.54) is 25.8 Å². The molecule has 0 radical (unpaired) electrons. The van der Waals surface area contributed by atoms with Crippen molar-refractivity contribution in [2.24, 2.45) is 0 Å². The molecule has 554 valence electrons. The smallest absolute Gasteiger partial charge is 0.419 e. The Morgan fingerprint density at radius 3 is 1.25 bits per heavy atom. The average molecular weight is 1450 g/mol. The Labute approximate surface area is 618 Å². The standard InChI is InChI=1S/C36H37N3O6.C34H34N4O4.C12H16N4O4/c1-5-41-33(40)39-22-27(30(38)28(39)21-37)31-35(4)32(44-34(2,3)45-35)29(43-31)23-42-36(24-15-9-6-10-16-24,25-17-11-7-12-18-25)26-19-13-8-14-20-26;1-32(2)41-30-26(40-29(33(30,3)42-32)25-19-36-28-27(25)37-21-38-31(28)35)20-39-34(22-13-7-4-8-14-22,23-15-9-5-10-16-23)24-17-11-6-12-18-24;1-12(19)9(18)6(3-17)20-10(12)5-2-14-8-7(5)15-4-16-11(8)13/h6-20,22,29,31-32H,5,23,38H2,1-4H3;4-19,21,26,29-30,36H,20H2,1-3H3,(H2,35,37,38);2,4,6,9-10,14,17-19H,3H2,1H3,(H2,13,15,16)/t29?,31-,32+,35-;26?,29-,30+,33-;6?,9-,10+,12-/m001/s1. The molecule has 11 aromatic rings. The number of aromatic nitrogens is 7. The van der Waals surface area contributed by atoms with Gasteiger partial charge in [-0.3, -0.25) is 0 Å². The lowest BCUT2D eigenvalue weighted by Gasteiger charge is -2.37. The molecule has 5 aromatic heterocycles. The fourth-order valence-corrected chi connectivity index (χ4v) is 16.1. The summed E-state index contributed by atoms with van der Waals surface area (Å²) in [6.45, 7) is 14.8. The van der Waals surface area contributed by atoms with Gasteiger partial charge in [0.05, 0.1) is 43.1 Å². The number of nitriles is 1. The first kappa shape index (κ1) is 73.6. The quantitative estimate of drug-likeness (QED) is 0.0393. The molecule has 0 bridgehead atoms. The number of anilines is 3. The molecule has 16 rings (SSSR count). The third kappa shape index (κ3) is 13.2. The summed E-state index contributed by atoms with van der Waals surface area (Å²) >= 11 is 0. The maximum Gasteiger partial charge on any atom is 0.419 e. The first-order chi connectivity index (χ1) is 51.4. The number of benzene rings is 6. The molecule has 10 heterocycles. The Hall–Kier alpha value is -10.3. The van der Waals surface area contributed by atoms with Crippen molar-refractivity contribution in [1.29, 1.82) is 5.26 Å². The highest BCUT2D eigenvalue weighted by molar-refractivity contribution is 5.88. The van der Waals surface area contributed by atoms with E-state index >= 15 is 0 Å². The summed E-state index contributed by atoms with van der Waals surface area (Å²) in [7, 11) is 0. The van der Waals surface area contributed by atoms with Crippen molar-refractivity contribution in [2.45, 2.75) is 150 Å². The molecule has 11 N–H and O–H groups in total. The number of aromatic amines is 2. The molecule has 0 aliphatic carbocycles. The third-order valence-electron chi connectivity index (χ3n) is 20.7. The van der Waals surface area contributed by atoms with Gasteiger partial charge in [0.15, 0.2) is 28.9 Å². The van der Waals surface area contributed by atoms with Gasteiger partial charge in [-0.1, -0.05) is 182 Å². The van der Waals surface area contributed by atoms with Crippen LogP contribution in [0.1, 0.15) is 129 Å². The minimum Gasteiger partial charge on any atom is -0.449 e. The van der Waals surface area contributed by atoms with E-state index in [0.717, 1.165) is 43.5 Å². The monoisotopic (exact) mass is 1450 g/mol. The second kappa shape index (κ2) is 29.1. The number of ether oxygens (including phenoxy) is 10. The molecular formula is C82H87N11O14. The summed E-state index contributed by atoms with van der Waals surface area (Å²) < 4.78 is 65.8. The van der Waals surface area contributed by atoms with Crippen LogP contribution < -0.4 is 17.2 Å². The zero-order valence-electron chi connectivity index (χ0n) is 60.5. The highest BCUT2D eigenvalue weighted by Gasteiger charge is 2.66. The second-order valence-electron chi connectivity index (χ2n) is 28.6. The molecule has 5 saturated heterocycles. The van der Waals surface area contributed by atoms with Gasteiger partial charge in [-0.2, -0.15) is 5.26 Å². The summed E-state index contributed by atoms with van der Waals surface area (Å²) in [6.07, 6.45) is 0.938. The van der Waals surface area contributed by atoms with Crippen LogP contribution in [0.5, 0.6) is 0 Å². The summed E-state index contributed by atoms with van der Waals surface area (Å²) in [6, 6.07) is 63.3. The molecule has 25 heteroatoms. The summed E-state index contributed by atoms with van der Waals surface area (Å²) in [5.41, 5.74) is 23.5. The molecule has 107 heavy (non-hydrogen) atoms. The molecule has 5 aliphatic rings. The molecule has 6 aromatic carbocycles. The predicted molar refractivity (Wildman–Crippen MR) is 396 cm³/mol. The average Bonchev–Trinajstić information content (AvgIpc) is 1.57.